The van der Waals surface area contributed by atoms with Gasteiger partial charge in [-0.15, -0.1) is 0 Å². The molecule has 0 N–H and O–H groups in total. The molecule has 1 aromatic rings. The summed E-state index contributed by atoms with van der Waals surface area (Å²) in [5.41, 5.74) is 1.56. The highest BCUT2D eigenvalue weighted by Crippen LogP contribution is 2.46. The summed E-state index contributed by atoms with van der Waals surface area (Å²) in [7, 11) is 0. The second-order valence-electron chi connectivity index (χ2n) is 7.46. The molecule has 3 atom stereocenters. The molecule has 1 fully saturated rings. The van der Waals surface area contributed by atoms with Gasteiger partial charge in [-0.25, -0.2) is 0 Å². The lowest BCUT2D eigenvalue weighted by Gasteiger charge is -2.35. The van der Waals surface area contributed by atoms with Crippen molar-refractivity contribution < 1.29 is 14.3 Å². The Labute approximate surface area is 162 Å². The summed E-state index contributed by atoms with van der Waals surface area (Å²) in [4.78, 5) is 28.3. The van der Waals surface area contributed by atoms with Crippen molar-refractivity contribution in [2.45, 2.75) is 57.6 Å². The van der Waals surface area contributed by atoms with Crippen molar-refractivity contribution >= 4 is 27.6 Å². The number of unbranched alkanes of at least 4 members (excludes halogenated alkanes) is 1. The van der Waals surface area contributed by atoms with Crippen LogP contribution in [0.25, 0.3) is 0 Å². The first-order chi connectivity index (χ1) is 12.6. The van der Waals surface area contributed by atoms with E-state index in [1.165, 1.54) is 0 Å². The van der Waals surface area contributed by atoms with Gasteiger partial charge in [-0.1, -0.05) is 47.8 Å². The van der Waals surface area contributed by atoms with E-state index in [4.69, 9.17) is 4.74 Å². The van der Waals surface area contributed by atoms with Crippen molar-refractivity contribution in [2.24, 2.45) is 5.92 Å². The third-order valence-corrected chi connectivity index (χ3v) is 6.27. The fourth-order valence-corrected chi connectivity index (χ4v) is 4.89. The van der Waals surface area contributed by atoms with Crippen LogP contribution in [0.2, 0.25) is 0 Å². The molecule has 0 bridgehead atoms. The zero-order chi connectivity index (χ0) is 18.3. The van der Waals surface area contributed by atoms with Crippen LogP contribution in [-0.4, -0.2) is 29.2 Å². The number of carbonyl (C=O) groups is 2. The molecular weight excluding hydrogens is 394 g/mol. The molecule has 0 spiro atoms. The number of hydrogen-bond acceptors (Lipinski definition) is 3. The minimum absolute atomic E-state index is 0.0870. The molecule has 1 aliphatic carbocycles. The summed E-state index contributed by atoms with van der Waals surface area (Å²) in [5, 5.41) is 0. The zero-order valence-electron chi connectivity index (χ0n) is 15.0. The quantitative estimate of drug-likeness (QED) is 0.721. The first-order valence-electron chi connectivity index (χ1n) is 9.63. The molecule has 3 unspecified atom stereocenters. The van der Waals surface area contributed by atoms with Gasteiger partial charge in [0.15, 0.2) is 11.5 Å². The van der Waals surface area contributed by atoms with E-state index in [0.717, 1.165) is 48.6 Å². The fraction of sp³-hybridized carbons (Fsp3) is 0.524. The number of benzene rings is 1. The van der Waals surface area contributed by atoms with Gasteiger partial charge in [0.05, 0.1) is 17.5 Å². The van der Waals surface area contributed by atoms with Crippen LogP contribution in [0.3, 0.4) is 0 Å². The van der Waals surface area contributed by atoms with Gasteiger partial charge in [0.1, 0.15) is 6.10 Å². The van der Waals surface area contributed by atoms with Crippen molar-refractivity contribution in [1.29, 1.82) is 0 Å². The molecule has 4 rings (SSSR count). The predicted octanol–water partition coefficient (Wildman–Crippen LogP) is 4.54. The predicted molar refractivity (Wildman–Crippen MR) is 102 cm³/mol. The van der Waals surface area contributed by atoms with E-state index in [0.29, 0.717) is 17.9 Å². The Balaban J connectivity index is 1.78. The Hall–Kier alpha value is -1.62. The number of nitrogens with zero attached hydrogens (tertiary/aromatic N) is 1. The van der Waals surface area contributed by atoms with Crippen LogP contribution < -0.4 is 0 Å². The van der Waals surface area contributed by atoms with Gasteiger partial charge < -0.3 is 9.64 Å². The summed E-state index contributed by atoms with van der Waals surface area (Å²) in [6.07, 6.45) is 5.67. The minimum Gasteiger partial charge on any atom is -0.483 e. The highest BCUT2D eigenvalue weighted by atomic mass is 79.9. The second-order valence-corrected chi connectivity index (χ2v) is 8.38. The number of carbonyl (C=O) groups excluding carboxylic acids is 2. The number of Topliss-reactive ketones (excluding diaryl/α,β-unsaturated/α-hetero) is 1. The highest BCUT2D eigenvalue weighted by molar-refractivity contribution is 9.10. The molecule has 5 heteroatoms. The highest BCUT2D eigenvalue weighted by Gasteiger charge is 2.51. The standard InChI is InChI=1S/C21H24BrNO3/c1-2-3-11-23-18(13-7-6-8-14(22)12-13)17-19(24)15-9-4-5-10-16(15)26-20(17)21(23)25/h6-8,12,15-16,18H,2-5,9-11H2,1H3. The maximum atomic E-state index is 13.3. The molecule has 0 radical (unpaired) electrons. The van der Waals surface area contributed by atoms with E-state index in [2.05, 4.69) is 22.9 Å². The Bertz CT molecular complexity index is 772. The first-order valence-corrected chi connectivity index (χ1v) is 10.4. The average Bonchev–Trinajstić information content (AvgIpc) is 2.93. The molecule has 1 amide bonds. The Morgan fingerprint density at radius 2 is 2.04 bits per heavy atom. The second kappa shape index (κ2) is 7.18. The van der Waals surface area contributed by atoms with Crippen molar-refractivity contribution in [3.05, 3.63) is 45.6 Å². The van der Waals surface area contributed by atoms with Crippen LogP contribution in [0.15, 0.2) is 40.1 Å². The van der Waals surface area contributed by atoms with Gasteiger partial charge in [0, 0.05) is 11.0 Å². The van der Waals surface area contributed by atoms with Crippen molar-refractivity contribution in [3.63, 3.8) is 0 Å². The minimum atomic E-state index is -0.322. The Morgan fingerprint density at radius 1 is 1.23 bits per heavy atom. The molecule has 138 valence electrons. The normalized spacial score (nSPS) is 28.1. The summed E-state index contributed by atoms with van der Waals surface area (Å²) in [5.74, 6) is 0.249. The molecule has 0 saturated heterocycles. The molecule has 4 nitrogen and oxygen atoms in total. The molecule has 1 aromatic carbocycles. The van der Waals surface area contributed by atoms with E-state index >= 15 is 0 Å². The van der Waals surface area contributed by atoms with Gasteiger partial charge in [-0.3, -0.25) is 9.59 Å². The van der Waals surface area contributed by atoms with Crippen LogP contribution in [0.1, 0.15) is 57.1 Å². The van der Waals surface area contributed by atoms with Crippen LogP contribution >= 0.6 is 15.9 Å². The summed E-state index contributed by atoms with van der Waals surface area (Å²) in [6, 6.07) is 7.60. The van der Waals surface area contributed by atoms with E-state index in [1.807, 2.05) is 29.2 Å². The zero-order valence-corrected chi connectivity index (χ0v) is 16.6. The Kier molecular flexibility index (Phi) is 4.91. The number of ketones is 1. The smallest absolute Gasteiger partial charge is 0.290 e. The largest absolute Gasteiger partial charge is 0.483 e. The summed E-state index contributed by atoms with van der Waals surface area (Å²) >= 11 is 3.52. The van der Waals surface area contributed by atoms with E-state index in [-0.39, 0.29) is 29.8 Å². The molecule has 2 heterocycles. The van der Waals surface area contributed by atoms with Crippen LogP contribution in [-0.2, 0) is 14.3 Å². The van der Waals surface area contributed by atoms with Gasteiger partial charge in [0.2, 0.25) is 0 Å². The maximum absolute atomic E-state index is 13.3. The fourth-order valence-electron chi connectivity index (χ4n) is 4.47. The lowest BCUT2D eigenvalue weighted by atomic mass is 9.77. The van der Waals surface area contributed by atoms with Gasteiger partial charge in [0.25, 0.3) is 5.91 Å². The van der Waals surface area contributed by atoms with Gasteiger partial charge in [-0.05, 0) is 43.4 Å². The van der Waals surface area contributed by atoms with Gasteiger partial charge >= 0.3 is 0 Å². The van der Waals surface area contributed by atoms with E-state index in [9.17, 15) is 9.59 Å². The lowest BCUT2D eigenvalue weighted by Crippen LogP contribution is -2.39. The SMILES string of the molecule is CCCCN1C(=O)C2=C(C(=O)C3CCCCC3O2)C1c1cccc(Br)c1. The maximum Gasteiger partial charge on any atom is 0.290 e. The first kappa shape index (κ1) is 17.8. The molecule has 2 aliphatic heterocycles. The summed E-state index contributed by atoms with van der Waals surface area (Å²) in [6.45, 7) is 2.75. The third-order valence-electron chi connectivity index (χ3n) is 5.78. The third kappa shape index (κ3) is 2.90. The van der Waals surface area contributed by atoms with Crippen LogP contribution in [0, 0.1) is 5.92 Å². The monoisotopic (exact) mass is 417 g/mol. The molecular formula is C21H24BrNO3. The lowest BCUT2D eigenvalue weighted by molar-refractivity contribution is -0.135. The van der Waals surface area contributed by atoms with Gasteiger partial charge in [-0.2, -0.15) is 0 Å². The van der Waals surface area contributed by atoms with Crippen LogP contribution in [0.4, 0.5) is 0 Å². The Morgan fingerprint density at radius 3 is 2.81 bits per heavy atom. The number of ether oxygens (including phenoxy) is 1. The number of hydrogen-bond donors (Lipinski definition) is 0. The number of rotatable bonds is 4. The molecule has 3 aliphatic rings. The van der Waals surface area contributed by atoms with Crippen molar-refractivity contribution in [3.8, 4) is 0 Å². The summed E-state index contributed by atoms with van der Waals surface area (Å²) < 4.78 is 7.10. The van der Waals surface area contributed by atoms with E-state index < -0.39 is 0 Å². The number of amides is 1. The molecule has 1 saturated carbocycles. The van der Waals surface area contributed by atoms with Crippen molar-refractivity contribution in [2.75, 3.05) is 6.54 Å². The topological polar surface area (TPSA) is 46.6 Å². The molecule has 0 aromatic heterocycles. The average molecular weight is 418 g/mol. The van der Waals surface area contributed by atoms with E-state index in [1.54, 1.807) is 0 Å². The number of fused-ring (bicyclic) bond motifs is 1. The number of halogens is 1. The van der Waals surface area contributed by atoms with Crippen molar-refractivity contribution in [1.82, 2.24) is 4.90 Å². The molecule has 26 heavy (non-hydrogen) atoms. The van der Waals surface area contributed by atoms with Crippen LogP contribution in [0.5, 0.6) is 0 Å².